The summed E-state index contributed by atoms with van der Waals surface area (Å²) in [6.07, 6.45) is 2.97. The van der Waals surface area contributed by atoms with Gasteiger partial charge in [0.1, 0.15) is 5.75 Å². The van der Waals surface area contributed by atoms with E-state index in [1.807, 2.05) is 26.0 Å². The molecule has 6 heteroatoms. The molecule has 2 rings (SSSR count). The molecule has 1 aromatic heterocycles. The second kappa shape index (κ2) is 7.69. The Bertz CT molecular complexity index is 634. The van der Waals surface area contributed by atoms with Gasteiger partial charge in [0.15, 0.2) is 0 Å². The average molecular weight is 314 g/mol. The number of nitrogens with zero attached hydrogens (tertiary/aromatic N) is 2. The Morgan fingerprint density at radius 2 is 2.04 bits per heavy atom. The van der Waals surface area contributed by atoms with E-state index < -0.39 is 5.41 Å². The largest absolute Gasteiger partial charge is 0.437 e. The Morgan fingerprint density at radius 3 is 2.65 bits per heavy atom. The highest BCUT2D eigenvalue weighted by Gasteiger charge is 2.33. The Kier molecular flexibility index (Phi) is 5.65. The summed E-state index contributed by atoms with van der Waals surface area (Å²) in [4.78, 5) is 12.5. The number of benzene rings is 1. The monoisotopic (exact) mass is 314 g/mol. The molecule has 0 unspecified atom stereocenters. The van der Waals surface area contributed by atoms with Gasteiger partial charge in [-0.1, -0.05) is 19.9 Å². The summed E-state index contributed by atoms with van der Waals surface area (Å²) in [6, 6.07) is 10.6. The molecule has 0 radical (unpaired) electrons. The van der Waals surface area contributed by atoms with Gasteiger partial charge >= 0.3 is 0 Å². The van der Waals surface area contributed by atoms with Crippen LogP contribution in [0.4, 0.5) is 5.69 Å². The highest BCUT2D eigenvalue weighted by Crippen LogP contribution is 2.28. The van der Waals surface area contributed by atoms with Crippen LogP contribution < -0.4 is 15.8 Å². The number of anilines is 1. The van der Waals surface area contributed by atoms with Crippen molar-refractivity contribution in [2.45, 2.75) is 26.7 Å². The van der Waals surface area contributed by atoms with Gasteiger partial charge in [-0.3, -0.25) is 4.79 Å². The SMILES string of the molecule is CCC(CC)(CN)C(=O)Nc1cccc(Oc2cccnn2)c1. The van der Waals surface area contributed by atoms with Crippen molar-refractivity contribution in [1.29, 1.82) is 0 Å². The number of hydrogen-bond acceptors (Lipinski definition) is 5. The lowest BCUT2D eigenvalue weighted by molar-refractivity contribution is -0.125. The van der Waals surface area contributed by atoms with Gasteiger partial charge in [0.2, 0.25) is 11.8 Å². The summed E-state index contributed by atoms with van der Waals surface area (Å²) < 4.78 is 5.62. The minimum absolute atomic E-state index is 0.0679. The van der Waals surface area contributed by atoms with Crippen LogP contribution in [0.5, 0.6) is 11.6 Å². The summed E-state index contributed by atoms with van der Waals surface area (Å²) >= 11 is 0. The number of carbonyl (C=O) groups is 1. The van der Waals surface area contributed by atoms with Crippen molar-refractivity contribution in [1.82, 2.24) is 10.2 Å². The molecule has 0 fully saturated rings. The molecule has 1 amide bonds. The second-order valence-corrected chi connectivity index (χ2v) is 5.34. The van der Waals surface area contributed by atoms with Gasteiger partial charge in [-0.15, -0.1) is 5.10 Å². The topological polar surface area (TPSA) is 90.1 Å². The quantitative estimate of drug-likeness (QED) is 0.820. The van der Waals surface area contributed by atoms with Crippen LogP contribution in [-0.2, 0) is 4.79 Å². The summed E-state index contributed by atoms with van der Waals surface area (Å²) in [7, 11) is 0. The van der Waals surface area contributed by atoms with Crippen LogP contribution in [0, 0.1) is 5.41 Å². The Morgan fingerprint density at radius 1 is 1.26 bits per heavy atom. The molecule has 0 aliphatic carbocycles. The third-order valence-electron chi connectivity index (χ3n) is 4.09. The molecule has 0 aliphatic heterocycles. The van der Waals surface area contributed by atoms with Gasteiger partial charge < -0.3 is 15.8 Å². The van der Waals surface area contributed by atoms with Crippen LogP contribution in [0.2, 0.25) is 0 Å². The number of carbonyl (C=O) groups excluding carboxylic acids is 1. The molecule has 2 aromatic rings. The predicted molar refractivity (Wildman–Crippen MR) is 89.2 cm³/mol. The first kappa shape index (κ1) is 16.9. The molecule has 0 spiro atoms. The molecule has 0 atom stereocenters. The van der Waals surface area contributed by atoms with Crippen LogP contribution in [0.25, 0.3) is 0 Å². The molecule has 0 saturated carbocycles. The van der Waals surface area contributed by atoms with Crippen molar-refractivity contribution >= 4 is 11.6 Å². The van der Waals surface area contributed by atoms with Crippen LogP contribution in [0.1, 0.15) is 26.7 Å². The Labute approximate surface area is 136 Å². The van der Waals surface area contributed by atoms with Crippen LogP contribution >= 0.6 is 0 Å². The van der Waals surface area contributed by atoms with E-state index in [1.165, 1.54) is 0 Å². The number of rotatable bonds is 7. The zero-order chi connectivity index (χ0) is 16.7. The lowest BCUT2D eigenvalue weighted by Crippen LogP contribution is -2.41. The van der Waals surface area contributed by atoms with Crippen molar-refractivity contribution in [2.75, 3.05) is 11.9 Å². The maximum atomic E-state index is 12.5. The zero-order valence-corrected chi connectivity index (χ0v) is 13.5. The lowest BCUT2D eigenvalue weighted by atomic mass is 9.81. The van der Waals surface area contributed by atoms with Crippen molar-refractivity contribution in [3.8, 4) is 11.6 Å². The normalized spacial score (nSPS) is 11.1. The molecule has 23 heavy (non-hydrogen) atoms. The van der Waals surface area contributed by atoms with Crippen molar-refractivity contribution < 1.29 is 9.53 Å². The number of hydrogen-bond donors (Lipinski definition) is 2. The van der Waals surface area contributed by atoms with Gasteiger partial charge in [-0.25, -0.2) is 0 Å². The molecule has 1 heterocycles. The minimum Gasteiger partial charge on any atom is -0.437 e. The summed E-state index contributed by atoms with van der Waals surface area (Å²) in [5.41, 5.74) is 5.94. The van der Waals surface area contributed by atoms with Gasteiger partial charge in [0.05, 0.1) is 5.41 Å². The molecule has 0 bridgehead atoms. The van der Waals surface area contributed by atoms with Crippen molar-refractivity contribution in [3.05, 3.63) is 42.6 Å². The van der Waals surface area contributed by atoms with Crippen LogP contribution in [0.15, 0.2) is 42.6 Å². The van der Waals surface area contributed by atoms with E-state index >= 15 is 0 Å². The van der Waals surface area contributed by atoms with E-state index in [1.54, 1.807) is 30.5 Å². The van der Waals surface area contributed by atoms with E-state index in [2.05, 4.69) is 15.5 Å². The van der Waals surface area contributed by atoms with E-state index in [4.69, 9.17) is 10.5 Å². The predicted octanol–water partition coefficient (Wildman–Crippen LogP) is 2.97. The molecular formula is C17H22N4O2. The minimum atomic E-state index is -0.540. The smallest absolute Gasteiger partial charge is 0.238 e. The molecule has 0 aliphatic rings. The lowest BCUT2D eigenvalue weighted by Gasteiger charge is -2.28. The van der Waals surface area contributed by atoms with Crippen LogP contribution in [-0.4, -0.2) is 22.6 Å². The third kappa shape index (κ3) is 4.04. The number of nitrogens with two attached hydrogens (primary N) is 1. The van der Waals surface area contributed by atoms with E-state index in [0.29, 0.717) is 36.7 Å². The summed E-state index contributed by atoms with van der Waals surface area (Å²) in [5.74, 6) is 0.908. The Hall–Kier alpha value is -2.47. The zero-order valence-electron chi connectivity index (χ0n) is 13.5. The molecule has 122 valence electrons. The number of nitrogens with one attached hydrogen (secondary N) is 1. The fourth-order valence-corrected chi connectivity index (χ4v) is 2.32. The summed E-state index contributed by atoms with van der Waals surface area (Å²) in [6.45, 7) is 4.27. The molecular weight excluding hydrogens is 292 g/mol. The highest BCUT2D eigenvalue weighted by molar-refractivity contribution is 5.95. The fraction of sp³-hybridized carbons (Fsp3) is 0.353. The maximum absolute atomic E-state index is 12.5. The standard InChI is InChI=1S/C17H22N4O2/c1-3-17(4-2,12-18)16(22)20-13-7-5-8-14(11-13)23-15-9-6-10-19-21-15/h5-11H,3-4,12,18H2,1-2H3,(H,20,22). The molecule has 1 aromatic carbocycles. The van der Waals surface area contributed by atoms with E-state index in [0.717, 1.165) is 0 Å². The van der Waals surface area contributed by atoms with Gasteiger partial charge in [0, 0.05) is 30.6 Å². The van der Waals surface area contributed by atoms with Gasteiger partial charge in [0.25, 0.3) is 0 Å². The highest BCUT2D eigenvalue weighted by atomic mass is 16.5. The van der Waals surface area contributed by atoms with E-state index in [9.17, 15) is 4.79 Å². The third-order valence-corrected chi connectivity index (χ3v) is 4.09. The van der Waals surface area contributed by atoms with E-state index in [-0.39, 0.29) is 5.91 Å². The first-order valence-electron chi connectivity index (χ1n) is 7.70. The van der Waals surface area contributed by atoms with Crippen molar-refractivity contribution in [2.24, 2.45) is 11.1 Å². The molecule has 3 N–H and O–H groups in total. The first-order valence-corrected chi connectivity index (χ1v) is 7.70. The first-order chi connectivity index (χ1) is 11.1. The number of ether oxygens (including phenoxy) is 1. The number of aromatic nitrogens is 2. The molecule has 6 nitrogen and oxygen atoms in total. The average Bonchev–Trinajstić information content (AvgIpc) is 2.58. The number of amides is 1. The fourth-order valence-electron chi connectivity index (χ4n) is 2.32. The van der Waals surface area contributed by atoms with Gasteiger partial charge in [-0.2, -0.15) is 5.10 Å². The van der Waals surface area contributed by atoms with Crippen molar-refractivity contribution in [3.63, 3.8) is 0 Å². The molecule has 0 saturated heterocycles. The Balaban J connectivity index is 2.12. The van der Waals surface area contributed by atoms with Crippen LogP contribution in [0.3, 0.4) is 0 Å². The maximum Gasteiger partial charge on any atom is 0.238 e. The second-order valence-electron chi connectivity index (χ2n) is 5.34. The summed E-state index contributed by atoms with van der Waals surface area (Å²) in [5, 5.41) is 10.6. The van der Waals surface area contributed by atoms with Gasteiger partial charge in [-0.05, 0) is 31.0 Å².